The van der Waals surface area contributed by atoms with Gasteiger partial charge in [-0.3, -0.25) is 24.1 Å². The lowest BCUT2D eigenvalue weighted by Crippen LogP contribution is -2.14. The van der Waals surface area contributed by atoms with Gasteiger partial charge in [-0.1, -0.05) is 11.2 Å². The number of methoxy groups -OCH3 is 1. The van der Waals surface area contributed by atoms with Crippen LogP contribution in [0.2, 0.25) is 0 Å². The molecule has 4 aromatic rings. The molecule has 0 radical (unpaired) electrons. The van der Waals surface area contributed by atoms with E-state index in [2.05, 4.69) is 30.3 Å². The molecule has 2 aromatic heterocycles. The van der Waals surface area contributed by atoms with E-state index >= 15 is 0 Å². The first kappa shape index (κ1) is 20.5. The van der Waals surface area contributed by atoms with Gasteiger partial charge in [0.15, 0.2) is 5.82 Å². The van der Waals surface area contributed by atoms with Crippen LogP contribution in [0, 0.1) is 0 Å². The molecule has 4 rings (SSSR count). The van der Waals surface area contributed by atoms with Gasteiger partial charge < -0.3 is 15.4 Å². The zero-order valence-corrected chi connectivity index (χ0v) is 16.8. The third-order valence-electron chi connectivity index (χ3n) is 4.42. The SMILES string of the molecule is COc1cc(C(=O)Nc2ccc(NC(=O)c3ccccn3)cc2)cc(-c2noc(=O)[nH]2)c1. The Morgan fingerprint density at radius 3 is 2.28 bits per heavy atom. The van der Waals surface area contributed by atoms with Gasteiger partial charge in [0.2, 0.25) is 0 Å². The molecule has 0 saturated heterocycles. The minimum atomic E-state index is -0.705. The number of amides is 2. The van der Waals surface area contributed by atoms with Crippen LogP contribution < -0.4 is 21.1 Å². The number of nitrogens with zero attached hydrogens (tertiary/aromatic N) is 2. The number of ether oxygens (including phenoxy) is 1. The summed E-state index contributed by atoms with van der Waals surface area (Å²) in [6.45, 7) is 0. The highest BCUT2D eigenvalue weighted by atomic mass is 16.5. The van der Waals surface area contributed by atoms with Gasteiger partial charge >= 0.3 is 5.76 Å². The second-order valence-electron chi connectivity index (χ2n) is 6.59. The van der Waals surface area contributed by atoms with Gasteiger partial charge in [-0.05, 0) is 54.6 Å². The summed E-state index contributed by atoms with van der Waals surface area (Å²) in [6.07, 6.45) is 1.54. The molecule has 0 unspecified atom stereocenters. The first-order chi connectivity index (χ1) is 15.5. The maximum Gasteiger partial charge on any atom is 0.439 e. The summed E-state index contributed by atoms with van der Waals surface area (Å²) in [5.41, 5.74) is 2.11. The lowest BCUT2D eigenvalue weighted by atomic mass is 10.1. The fraction of sp³-hybridized carbons (Fsp3) is 0.0455. The Morgan fingerprint density at radius 1 is 0.969 bits per heavy atom. The molecule has 2 heterocycles. The Labute approximate surface area is 181 Å². The summed E-state index contributed by atoms with van der Waals surface area (Å²) < 4.78 is 9.76. The minimum Gasteiger partial charge on any atom is -0.497 e. The van der Waals surface area contributed by atoms with Gasteiger partial charge in [-0.2, -0.15) is 0 Å². The van der Waals surface area contributed by atoms with Crippen molar-refractivity contribution in [2.75, 3.05) is 17.7 Å². The Kier molecular flexibility index (Phi) is 5.75. The first-order valence-electron chi connectivity index (χ1n) is 9.41. The van der Waals surface area contributed by atoms with Crippen LogP contribution in [-0.2, 0) is 0 Å². The fourth-order valence-corrected chi connectivity index (χ4v) is 2.87. The predicted molar refractivity (Wildman–Crippen MR) is 116 cm³/mol. The summed E-state index contributed by atoms with van der Waals surface area (Å²) in [5, 5.41) is 9.14. The quantitative estimate of drug-likeness (QED) is 0.426. The predicted octanol–water partition coefficient (Wildman–Crippen LogP) is 2.94. The van der Waals surface area contributed by atoms with Gasteiger partial charge in [-0.25, -0.2) is 4.79 Å². The number of carbonyl (C=O) groups is 2. The minimum absolute atomic E-state index is 0.177. The highest BCUT2D eigenvalue weighted by Gasteiger charge is 2.14. The smallest absolute Gasteiger partial charge is 0.439 e. The van der Waals surface area contributed by atoms with Crippen molar-refractivity contribution in [3.63, 3.8) is 0 Å². The van der Waals surface area contributed by atoms with Crippen LogP contribution in [0.5, 0.6) is 5.75 Å². The van der Waals surface area contributed by atoms with Gasteiger partial charge in [0, 0.05) is 28.7 Å². The van der Waals surface area contributed by atoms with Gasteiger partial charge in [-0.15, -0.1) is 0 Å². The van der Waals surface area contributed by atoms with Crippen LogP contribution in [0.3, 0.4) is 0 Å². The molecule has 0 spiro atoms. The molecule has 0 aliphatic carbocycles. The van der Waals surface area contributed by atoms with Crippen LogP contribution in [0.15, 0.2) is 76.2 Å². The highest BCUT2D eigenvalue weighted by molar-refractivity contribution is 6.06. The van der Waals surface area contributed by atoms with Crippen LogP contribution in [0.4, 0.5) is 11.4 Å². The number of aromatic amines is 1. The van der Waals surface area contributed by atoms with E-state index in [0.29, 0.717) is 28.4 Å². The van der Waals surface area contributed by atoms with Gasteiger partial charge in [0.05, 0.1) is 7.11 Å². The molecule has 0 aliphatic heterocycles. The number of carbonyl (C=O) groups excluding carboxylic acids is 2. The molecule has 10 nitrogen and oxygen atoms in total. The number of H-pyrrole nitrogens is 1. The molecule has 0 bridgehead atoms. The Hall–Kier alpha value is -4.73. The first-order valence-corrected chi connectivity index (χ1v) is 9.41. The summed E-state index contributed by atoms with van der Waals surface area (Å²) in [6, 6.07) is 16.4. The average Bonchev–Trinajstić information content (AvgIpc) is 3.27. The molecule has 0 aliphatic rings. The third kappa shape index (κ3) is 4.70. The average molecular weight is 431 g/mol. The lowest BCUT2D eigenvalue weighted by molar-refractivity contribution is 0.101. The third-order valence-corrected chi connectivity index (χ3v) is 4.42. The molecule has 160 valence electrons. The largest absolute Gasteiger partial charge is 0.497 e. The van der Waals surface area contributed by atoms with Crippen molar-refractivity contribution >= 4 is 23.2 Å². The van der Waals surface area contributed by atoms with Gasteiger partial charge in [0.1, 0.15) is 11.4 Å². The van der Waals surface area contributed by atoms with Crippen molar-refractivity contribution in [1.29, 1.82) is 0 Å². The van der Waals surface area contributed by atoms with E-state index in [9.17, 15) is 14.4 Å². The van der Waals surface area contributed by atoms with E-state index in [1.165, 1.54) is 13.3 Å². The monoisotopic (exact) mass is 431 g/mol. The second-order valence-corrected chi connectivity index (χ2v) is 6.59. The van der Waals surface area contributed by atoms with Crippen LogP contribution >= 0.6 is 0 Å². The van der Waals surface area contributed by atoms with Crippen LogP contribution in [0.1, 0.15) is 20.8 Å². The normalized spacial score (nSPS) is 10.4. The molecule has 10 heteroatoms. The number of pyridine rings is 1. The number of rotatable bonds is 6. The number of aromatic nitrogens is 3. The maximum atomic E-state index is 12.8. The van der Waals surface area contributed by atoms with E-state index in [4.69, 9.17) is 4.74 Å². The van der Waals surface area contributed by atoms with Crippen molar-refractivity contribution in [2.24, 2.45) is 0 Å². The second kappa shape index (κ2) is 8.96. The van der Waals surface area contributed by atoms with Crippen LogP contribution in [0.25, 0.3) is 11.4 Å². The summed E-state index contributed by atoms with van der Waals surface area (Å²) in [5.74, 6) is -0.859. The molecule has 32 heavy (non-hydrogen) atoms. The fourth-order valence-electron chi connectivity index (χ4n) is 2.87. The molecular formula is C22H17N5O5. The van der Waals surface area contributed by atoms with Crippen molar-refractivity contribution in [3.8, 4) is 17.1 Å². The zero-order chi connectivity index (χ0) is 22.5. The van der Waals surface area contributed by atoms with Crippen molar-refractivity contribution in [1.82, 2.24) is 15.1 Å². The summed E-state index contributed by atoms with van der Waals surface area (Å²) in [4.78, 5) is 42.6. The molecule has 0 fully saturated rings. The van der Waals surface area contributed by atoms with Crippen molar-refractivity contribution < 1.29 is 18.8 Å². The highest BCUT2D eigenvalue weighted by Crippen LogP contribution is 2.24. The van der Waals surface area contributed by atoms with E-state index in [0.717, 1.165) is 0 Å². The molecule has 3 N–H and O–H groups in total. The van der Waals surface area contributed by atoms with Gasteiger partial charge in [0.25, 0.3) is 11.8 Å². The van der Waals surface area contributed by atoms with E-state index in [1.807, 2.05) is 0 Å². The number of benzene rings is 2. The number of hydrogen-bond acceptors (Lipinski definition) is 7. The Balaban J connectivity index is 1.48. The Bertz CT molecular complexity index is 1310. The standard InChI is InChI=1S/C22H17N5O5/c1-31-17-11-13(19-26-22(30)32-27-19)10-14(12-17)20(28)24-15-5-7-16(8-6-15)25-21(29)18-4-2-3-9-23-18/h2-12H,1H3,(H,24,28)(H,25,29)(H,26,27,30). The number of hydrogen-bond donors (Lipinski definition) is 3. The van der Waals surface area contributed by atoms with E-state index in [1.54, 1.807) is 60.7 Å². The number of nitrogens with one attached hydrogen (secondary N) is 3. The molecule has 0 saturated carbocycles. The van der Waals surface area contributed by atoms with E-state index in [-0.39, 0.29) is 17.3 Å². The van der Waals surface area contributed by atoms with Crippen molar-refractivity contribution in [3.05, 3.63) is 88.7 Å². The Morgan fingerprint density at radius 2 is 1.69 bits per heavy atom. The molecular weight excluding hydrogens is 414 g/mol. The molecule has 2 amide bonds. The molecule has 0 atom stereocenters. The maximum absolute atomic E-state index is 12.8. The van der Waals surface area contributed by atoms with Crippen molar-refractivity contribution in [2.45, 2.75) is 0 Å². The number of anilines is 2. The lowest BCUT2D eigenvalue weighted by Gasteiger charge is -2.10. The summed E-state index contributed by atoms with van der Waals surface area (Å²) >= 11 is 0. The zero-order valence-electron chi connectivity index (χ0n) is 16.8. The topological polar surface area (TPSA) is 139 Å². The van der Waals surface area contributed by atoms with Crippen LogP contribution in [-0.4, -0.2) is 34.0 Å². The molecule has 2 aromatic carbocycles. The summed E-state index contributed by atoms with van der Waals surface area (Å²) in [7, 11) is 1.46. The van der Waals surface area contributed by atoms with E-state index < -0.39 is 11.7 Å².